The second-order valence-corrected chi connectivity index (χ2v) is 15.5. The van der Waals surface area contributed by atoms with E-state index in [0.717, 1.165) is 63.5 Å². The molecule has 59 heavy (non-hydrogen) atoms. The van der Waals surface area contributed by atoms with Gasteiger partial charge in [-0.25, -0.2) is 4.79 Å². The smallest absolute Gasteiger partial charge is 0.315 e. The minimum absolute atomic E-state index is 0.00134. The molecule has 344 valence electrons. The standard InChI is InChI=1S/C40H76N6O12S/c41-13-17-51-19-21-53-23-25-55-27-29-57-31-32-58-30-28-56-26-24-54-22-20-52-18-16-44-38(49)11-4-2-8-14-42-36(47)10-3-1-7-15-43-37(48)12-6-5-9-35-39-34(33-59-35)45-40(50)46-39/h34-35,39H,1-33,41H2,(H,42,47)(H,43,48)(H,44,49)(H2,45,46,50). The van der Waals surface area contributed by atoms with E-state index < -0.39 is 0 Å². The molecule has 2 rings (SSSR count). The molecule has 2 heterocycles. The number of amides is 5. The number of nitrogens with one attached hydrogen (secondary N) is 5. The van der Waals surface area contributed by atoms with Crippen molar-refractivity contribution in [2.75, 3.05) is 138 Å². The SMILES string of the molecule is NCCOCCOCCOCCOCCOCCOCCOCCOCCNC(=O)CCCCCNC(=O)CCCCCNC(=O)CCCCC1SCC2NC(=O)NC21. The van der Waals surface area contributed by atoms with Gasteiger partial charge < -0.3 is 70.2 Å². The Kier molecular flexibility index (Phi) is 34.5. The third-order valence-electron chi connectivity index (χ3n) is 9.32. The van der Waals surface area contributed by atoms with E-state index in [2.05, 4.69) is 26.6 Å². The fourth-order valence-electron chi connectivity index (χ4n) is 6.16. The molecule has 0 spiro atoms. The summed E-state index contributed by atoms with van der Waals surface area (Å²) >= 11 is 1.90. The van der Waals surface area contributed by atoms with Gasteiger partial charge in [-0.2, -0.15) is 11.8 Å². The number of unbranched alkanes of at least 4 members (excludes halogenated alkanes) is 5. The van der Waals surface area contributed by atoms with E-state index in [1.165, 1.54) is 0 Å². The fraction of sp³-hybridized carbons (Fsp3) is 0.900. The molecule has 0 aromatic rings. The third-order valence-corrected chi connectivity index (χ3v) is 10.8. The van der Waals surface area contributed by atoms with Crippen molar-refractivity contribution in [3.8, 4) is 0 Å². The minimum atomic E-state index is -0.0639. The number of thioether (sulfide) groups is 1. The van der Waals surface area contributed by atoms with Crippen LogP contribution >= 0.6 is 11.8 Å². The van der Waals surface area contributed by atoms with Gasteiger partial charge in [-0.05, 0) is 38.5 Å². The first-order valence-corrected chi connectivity index (χ1v) is 22.8. The van der Waals surface area contributed by atoms with Gasteiger partial charge in [-0.1, -0.05) is 19.3 Å². The van der Waals surface area contributed by atoms with E-state index in [0.29, 0.717) is 156 Å². The summed E-state index contributed by atoms with van der Waals surface area (Å²) in [5, 5.41) is 15.2. The van der Waals surface area contributed by atoms with Gasteiger partial charge in [0.2, 0.25) is 17.7 Å². The molecule has 2 saturated heterocycles. The Labute approximate surface area is 356 Å². The van der Waals surface area contributed by atoms with Crippen LogP contribution in [0.4, 0.5) is 4.79 Å². The molecular formula is C40H76N6O12S. The van der Waals surface area contributed by atoms with Gasteiger partial charge in [-0.15, -0.1) is 0 Å². The number of nitrogens with two attached hydrogens (primary N) is 1. The number of carbonyl (C=O) groups excluding carboxylic acids is 4. The van der Waals surface area contributed by atoms with Crippen LogP contribution in [0.3, 0.4) is 0 Å². The minimum Gasteiger partial charge on any atom is -0.378 e. The number of hydrogen-bond acceptors (Lipinski definition) is 14. The maximum absolute atomic E-state index is 12.1. The van der Waals surface area contributed by atoms with Crippen LogP contribution in [-0.2, 0) is 52.3 Å². The van der Waals surface area contributed by atoms with Gasteiger partial charge in [-0.3, -0.25) is 14.4 Å². The molecular weight excluding hydrogens is 789 g/mol. The van der Waals surface area contributed by atoms with E-state index in [1.807, 2.05) is 11.8 Å². The largest absolute Gasteiger partial charge is 0.378 e. The topological polar surface area (TPSA) is 228 Å². The summed E-state index contributed by atoms with van der Waals surface area (Å²) in [4.78, 5) is 47.8. The normalized spacial score (nSPS) is 17.1. The zero-order valence-corrected chi connectivity index (χ0v) is 36.3. The van der Waals surface area contributed by atoms with Crippen molar-refractivity contribution in [3.63, 3.8) is 0 Å². The first kappa shape index (κ1) is 52.8. The van der Waals surface area contributed by atoms with Crippen LogP contribution in [0.15, 0.2) is 0 Å². The molecule has 0 aromatic heterocycles. The molecule has 3 atom stereocenters. The van der Waals surface area contributed by atoms with Crippen molar-refractivity contribution in [2.24, 2.45) is 5.73 Å². The average molecular weight is 865 g/mol. The van der Waals surface area contributed by atoms with Crippen LogP contribution in [0, 0.1) is 0 Å². The van der Waals surface area contributed by atoms with E-state index in [4.69, 9.17) is 43.6 Å². The first-order chi connectivity index (χ1) is 29.0. The quantitative estimate of drug-likeness (QED) is 0.0375. The third kappa shape index (κ3) is 31.2. The summed E-state index contributed by atoms with van der Waals surface area (Å²) in [6.45, 7) is 10.1. The lowest BCUT2D eigenvalue weighted by atomic mass is 10.0. The zero-order valence-electron chi connectivity index (χ0n) is 35.5. The molecule has 0 aromatic carbocycles. The summed E-state index contributed by atoms with van der Waals surface area (Å²) in [6, 6.07) is 0.393. The molecule has 0 aliphatic carbocycles. The van der Waals surface area contributed by atoms with Crippen molar-refractivity contribution >= 4 is 35.5 Å². The number of rotatable bonds is 43. The number of urea groups is 1. The predicted molar refractivity (Wildman–Crippen MR) is 226 cm³/mol. The molecule has 7 N–H and O–H groups in total. The second kappa shape index (κ2) is 38.6. The van der Waals surface area contributed by atoms with E-state index in [-0.39, 0.29) is 35.8 Å². The monoisotopic (exact) mass is 865 g/mol. The van der Waals surface area contributed by atoms with Crippen molar-refractivity contribution in [1.82, 2.24) is 26.6 Å². The first-order valence-electron chi connectivity index (χ1n) is 21.8. The molecule has 19 heteroatoms. The summed E-state index contributed by atoms with van der Waals surface area (Å²) in [5.74, 6) is 1.08. The number of carbonyl (C=O) groups is 4. The highest BCUT2D eigenvalue weighted by Gasteiger charge is 2.42. The van der Waals surface area contributed by atoms with Gasteiger partial charge in [0.05, 0.1) is 118 Å². The molecule has 0 saturated carbocycles. The van der Waals surface area contributed by atoms with Crippen molar-refractivity contribution < 1.29 is 57.1 Å². The van der Waals surface area contributed by atoms with Crippen molar-refractivity contribution in [3.05, 3.63) is 0 Å². The number of hydrogen-bond donors (Lipinski definition) is 6. The molecule has 18 nitrogen and oxygen atoms in total. The van der Waals surface area contributed by atoms with Crippen LogP contribution in [0.1, 0.15) is 77.0 Å². The Hall–Kier alpha value is -2.33. The Bertz CT molecular complexity index is 1070. The van der Waals surface area contributed by atoms with Crippen molar-refractivity contribution in [2.45, 2.75) is 94.4 Å². The van der Waals surface area contributed by atoms with Gasteiger partial charge >= 0.3 is 6.03 Å². The average Bonchev–Trinajstić information content (AvgIpc) is 3.79. The van der Waals surface area contributed by atoms with Gasteiger partial charge in [0.1, 0.15) is 0 Å². The van der Waals surface area contributed by atoms with Crippen LogP contribution in [-0.4, -0.2) is 179 Å². The highest BCUT2D eigenvalue weighted by Crippen LogP contribution is 2.33. The van der Waals surface area contributed by atoms with Crippen molar-refractivity contribution in [1.29, 1.82) is 0 Å². The van der Waals surface area contributed by atoms with Crippen LogP contribution in [0.5, 0.6) is 0 Å². The molecule has 2 aliphatic rings. The molecule has 0 radical (unpaired) electrons. The number of fused-ring (bicyclic) bond motifs is 1. The van der Waals surface area contributed by atoms with Gasteiger partial charge in [0.15, 0.2) is 0 Å². The second-order valence-electron chi connectivity index (χ2n) is 14.2. The summed E-state index contributed by atoms with van der Waals surface area (Å²) in [5.41, 5.74) is 5.34. The Morgan fingerprint density at radius 1 is 0.508 bits per heavy atom. The summed E-state index contributed by atoms with van der Waals surface area (Å²) < 4.78 is 43.4. The van der Waals surface area contributed by atoms with Crippen LogP contribution in [0.2, 0.25) is 0 Å². The van der Waals surface area contributed by atoms with Crippen LogP contribution in [0.25, 0.3) is 0 Å². The molecule has 2 fully saturated rings. The molecule has 5 amide bonds. The van der Waals surface area contributed by atoms with Crippen LogP contribution < -0.4 is 32.3 Å². The highest BCUT2D eigenvalue weighted by atomic mass is 32.2. The Morgan fingerprint density at radius 3 is 1.34 bits per heavy atom. The van der Waals surface area contributed by atoms with E-state index >= 15 is 0 Å². The van der Waals surface area contributed by atoms with E-state index in [9.17, 15) is 19.2 Å². The Balaban J connectivity index is 1.19. The number of ether oxygens (including phenoxy) is 8. The zero-order chi connectivity index (χ0) is 42.3. The van der Waals surface area contributed by atoms with Gasteiger partial charge in [0.25, 0.3) is 0 Å². The lowest BCUT2D eigenvalue weighted by Gasteiger charge is -2.16. The van der Waals surface area contributed by atoms with E-state index in [1.54, 1.807) is 0 Å². The fourth-order valence-corrected chi connectivity index (χ4v) is 7.70. The Morgan fingerprint density at radius 2 is 0.898 bits per heavy atom. The molecule has 0 bridgehead atoms. The lowest BCUT2D eigenvalue weighted by molar-refractivity contribution is -0.122. The highest BCUT2D eigenvalue weighted by molar-refractivity contribution is 8.00. The lowest BCUT2D eigenvalue weighted by Crippen LogP contribution is -2.36. The summed E-state index contributed by atoms with van der Waals surface area (Å²) in [6.07, 6.45) is 9.29. The maximum atomic E-state index is 12.1. The molecule has 2 aliphatic heterocycles. The summed E-state index contributed by atoms with van der Waals surface area (Å²) in [7, 11) is 0. The van der Waals surface area contributed by atoms with Gasteiger partial charge in [0, 0.05) is 56.4 Å². The molecule has 3 unspecified atom stereocenters. The predicted octanol–water partition coefficient (Wildman–Crippen LogP) is 1.27. The maximum Gasteiger partial charge on any atom is 0.315 e.